The quantitative estimate of drug-likeness (QED) is 0.251. The van der Waals surface area contributed by atoms with Gasteiger partial charge in [-0.3, -0.25) is 0 Å². The Balaban J connectivity index is 1.17. The Morgan fingerprint density at radius 1 is 1.14 bits per heavy atom. The van der Waals surface area contributed by atoms with Crippen LogP contribution in [0.1, 0.15) is 60.8 Å². The molecule has 184 valence electrons. The first-order chi connectivity index (χ1) is 17.4. The Morgan fingerprint density at radius 3 is 2.58 bits per heavy atom. The second kappa shape index (κ2) is 9.44. The Labute approximate surface area is 222 Å². The number of aromatic nitrogens is 2. The summed E-state index contributed by atoms with van der Waals surface area (Å²) in [5.74, 6) is 1.23. The molecule has 2 fully saturated rings. The molecule has 0 amide bonds. The first kappa shape index (κ1) is 23.9. The zero-order valence-electron chi connectivity index (χ0n) is 19.3. The van der Waals surface area contributed by atoms with Gasteiger partial charge in [0.15, 0.2) is 5.69 Å². The van der Waals surface area contributed by atoms with Crippen molar-refractivity contribution in [3.05, 3.63) is 74.2 Å². The molecule has 2 saturated carbocycles. The number of benzene rings is 2. The number of fused-ring (bicyclic) bond motifs is 1. The van der Waals surface area contributed by atoms with E-state index in [1.165, 1.54) is 11.3 Å². The van der Waals surface area contributed by atoms with E-state index in [1.807, 2.05) is 12.1 Å². The largest absolute Gasteiger partial charge is 0.383 e. The van der Waals surface area contributed by atoms with Crippen molar-refractivity contribution in [2.75, 3.05) is 0 Å². The van der Waals surface area contributed by atoms with Gasteiger partial charge in [0.1, 0.15) is 22.1 Å². The van der Waals surface area contributed by atoms with Gasteiger partial charge in [0, 0.05) is 17.0 Å². The summed E-state index contributed by atoms with van der Waals surface area (Å²) in [4.78, 5) is 8.14. The van der Waals surface area contributed by atoms with Gasteiger partial charge in [0.25, 0.3) is 0 Å². The van der Waals surface area contributed by atoms with Crippen LogP contribution in [0.4, 0.5) is 5.69 Å². The van der Waals surface area contributed by atoms with Gasteiger partial charge in [0.05, 0.1) is 39.5 Å². The van der Waals surface area contributed by atoms with Crippen molar-refractivity contribution in [1.82, 2.24) is 10.1 Å². The zero-order valence-corrected chi connectivity index (χ0v) is 21.7. The lowest BCUT2D eigenvalue weighted by Gasteiger charge is -2.34. The molecule has 0 atom stereocenters. The van der Waals surface area contributed by atoms with E-state index >= 15 is 0 Å². The van der Waals surface area contributed by atoms with E-state index in [9.17, 15) is 5.11 Å². The molecule has 36 heavy (non-hydrogen) atoms. The van der Waals surface area contributed by atoms with Crippen LogP contribution >= 0.6 is 34.5 Å². The molecule has 0 unspecified atom stereocenters. The fourth-order valence-corrected chi connectivity index (χ4v) is 6.55. The maximum Gasteiger partial charge on any atom is 0.189 e. The highest BCUT2D eigenvalue weighted by Crippen LogP contribution is 2.47. The van der Waals surface area contributed by atoms with Gasteiger partial charge >= 0.3 is 0 Å². The van der Waals surface area contributed by atoms with Crippen molar-refractivity contribution in [2.24, 2.45) is 0 Å². The summed E-state index contributed by atoms with van der Waals surface area (Å²) in [7, 11) is 0. The maximum absolute atomic E-state index is 11.4. The van der Waals surface area contributed by atoms with Gasteiger partial charge in [-0.2, -0.15) is 0 Å². The predicted molar refractivity (Wildman–Crippen MR) is 141 cm³/mol. The predicted octanol–water partition coefficient (Wildman–Crippen LogP) is 8.03. The smallest absolute Gasteiger partial charge is 0.189 e. The topological polar surface area (TPSA) is 72.7 Å². The van der Waals surface area contributed by atoms with E-state index < -0.39 is 5.60 Å². The number of aliphatic hydroxyl groups is 1. The molecule has 2 aliphatic rings. The molecular formula is C27H23Cl2N3O3S. The van der Waals surface area contributed by atoms with Crippen molar-refractivity contribution in [3.63, 3.8) is 0 Å². The number of nitrogens with zero attached hydrogens (tertiary/aromatic N) is 3. The molecule has 6 nitrogen and oxygen atoms in total. The molecule has 2 heterocycles. The third kappa shape index (κ3) is 4.42. The third-order valence-corrected chi connectivity index (χ3v) is 8.95. The van der Waals surface area contributed by atoms with Crippen LogP contribution in [0.15, 0.2) is 40.9 Å². The lowest BCUT2D eigenvalue weighted by molar-refractivity contribution is -0.0640. The number of hydrogen-bond donors (Lipinski definition) is 1. The second-order valence-electron chi connectivity index (χ2n) is 9.57. The molecule has 6 rings (SSSR count). The monoisotopic (exact) mass is 539 g/mol. The highest BCUT2D eigenvalue weighted by molar-refractivity contribution is 7.18. The minimum absolute atomic E-state index is 0.00453. The van der Waals surface area contributed by atoms with Crippen molar-refractivity contribution >= 4 is 50.4 Å². The maximum atomic E-state index is 11.4. The Hall–Kier alpha value is -2.47. The molecule has 0 bridgehead atoms. The van der Waals surface area contributed by atoms with E-state index in [4.69, 9.17) is 39.0 Å². The van der Waals surface area contributed by atoms with Crippen molar-refractivity contribution in [1.29, 1.82) is 0 Å². The Bertz CT molecular complexity index is 1460. The average molecular weight is 540 g/mol. The van der Waals surface area contributed by atoms with Gasteiger partial charge < -0.3 is 14.4 Å². The van der Waals surface area contributed by atoms with Crippen LogP contribution in [0.5, 0.6) is 0 Å². The standard InChI is InChI=1S/C27H23Cl2N3O3S/c1-30-16-7-8-22-21(13-16)31-26(36-22)27(33)11-9-17(10-12-27)34-14-18-24(32-35-25(18)15-5-6-15)23-19(28)3-2-4-20(23)29/h2-4,7-8,13,15,17,33H,5-6,9-12,14H2. The van der Waals surface area contributed by atoms with Crippen LogP contribution in [0.25, 0.3) is 26.3 Å². The molecule has 9 heteroatoms. The summed E-state index contributed by atoms with van der Waals surface area (Å²) in [6.07, 6.45) is 4.72. The molecule has 1 N–H and O–H groups in total. The zero-order chi connectivity index (χ0) is 24.9. The van der Waals surface area contributed by atoms with Crippen LogP contribution in [0.3, 0.4) is 0 Å². The average Bonchev–Trinajstić information content (AvgIpc) is 3.49. The second-order valence-corrected chi connectivity index (χ2v) is 11.4. The Morgan fingerprint density at radius 2 is 1.89 bits per heavy atom. The molecular weight excluding hydrogens is 517 g/mol. The van der Waals surface area contributed by atoms with Crippen LogP contribution in [0, 0.1) is 6.57 Å². The molecule has 2 aliphatic carbocycles. The minimum atomic E-state index is -0.978. The van der Waals surface area contributed by atoms with Crippen LogP contribution in [0.2, 0.25) is 10.0 Å². The number of ether oxygens (including phenoxy) is 1. The summed E-state index contributed by atoms with van der Waals surface area (Å²) in [5.41, 5.74) is 2.57. The number of thiazole rings is 1. The van der Waals surface area contributed by atoms with Gasteiger partial charge in [-0.1, -0.05) is 46.6 Å². The Kier molecular flexibility index (Phi) is 6.27. The van der Waals surface area contributed by atoms with Crippen LogP contribution < -0.4 is 0 Å². The van der Waals surface area contributed by atoms with Crippen molar-refractivity contribution in [2.45, 2.75) is 62.8 Å². The highest BCUT2D eigenvalue weighted by atomic mass is 35.5. The summed E-state index contributed by atoms with van der Waals surface area (Å²) in [6, 6.07) is 10.9. The number of hydrogen-bond acceptors (Lipinski definition) is 6. The van der Waals surface area contributed by atoms with E-state index in [0.29, 0.717) is 70.2 Å². The molecule has 2 aromatic carbocycles. The first-order valence-corrected chi connectivity index (χ1v) is 13.6. The van der Waals surface area contributed by atoms with E-state index in [2.05, 4.69) is 15.0 Å². The van der Waals surface area contributed by atoms with Crippen molar-refractivity contribution in [3.8, 4) is 11.3 Å². The molecule has 0 spiro atoms. The van der Waals surface area contributed by atoms with Gasteiger partial charge in [0.2, 0.25) is 0 Å². The van der Waals surface area contributed by atoms with Gasteiger partial charge in [-0.05, 0) is 56.7 Å². The fraction of sp³-hybridized carbons (Fsp3) is 0.370. The summed E-state index contributed by atoms with van der Waals surface area (Å²) in [6.45, 7) is 7.57. The van der Waals surface area contributed by atoms with Gasteiger partial charge in [-0.25, -0.2) is 9.83 Å². The third-order valence-electron chi connectivity index (χ3n) is 7.09. The fourth-order valence-electron chi connectivity index (χ4n) is 4.88. The van der Waals surface area contributed by atoms with E-state index in [1.54, 1.807) is 24.3 Å². The molecule has 0 radical (unpaired) electrons. The van der Waals surface area contributed by atoms with Gasteiger partial charge in [-0.15, -0.1) is 11.3 Å². The number of halogens is 2. The summed E-state index contributed by atoms with van der Waals surface area (Å²) < 4.78 is 13.1. The molecule has 0 aliphatic heterocycles. The minimum Gasteiger partial charge on any atom is -0.383 e. The molecule has 0 saturated heterocycles. The van der Waals surface area contributed by atoms with Crippen molar-refractivity contribution < 1.29 is 14.4 Å². The van der Waals surface area contributed by atoms with E-state index in [0.717, 1.165) is 34.4 Å². The molecule has 4 aromatic rings. The van der Waals surface area contributed by atoms with E-state index in [-0.39, 0.29) is 6.10 Å². The van der Waals surface area contributed by atoms with Crippen LogP contribution in [-0.2, 0) is 16.9 Å². The lowest BCUT2D eigenvalue weighted by Crippen LogP contribution is -2.34. The highest BCUT2D eigenvalue weighted by Gasteiger charge is 2.39. The first-order valence-electron chi connectivity index (χ1n) is 12.0. The summed E-state index contributed by atoms with van der Waals surface area (Å²) >= 11 is 14.4. The normalized spacial score (nSPS) is 22.1. The SMILES string of the molecule is [C-]#[N+]c1ccc2sc(C3(O)CCC(OCc4c(-c5c(Cl)cccc5Cl)noc4C4CC4)CC3)nc2c1. The number of rotatable bonds is 6. The molecule has 2 aromatic heterocycles. The van der Waals surface area contributed by atoms with Crippen LogP contribution in [-0.4, -0.2) is 21.4 Å². The lowest BCUT2D eigenvalue weighted by atomic mass is 9.83. The summed E-state index contributed by atoms with van der Waals surface area (Å²) in [5, 5.41) is 17.5.